The van der Waals surface area contributed by atoms with Crippen molar-refractivity contribution in [1.82, 2.24) is 4.90 Å². The first-order valence-corrected chi connectivity index (χ1v) is 7.62. The van der Waals surface area contributed by atoms with Crippen molar-refractivity contribution in [3.63, 3.8) is 0 Å². The third-order valence-electron chi connectivity index (χ3n) is 3.52. The lowest BCUT2D eigenvalue weighted by Crippen LogP contribution is -2.38. The van der Waals surface area contributed by atoms with Crippen molar-refractivity contribution < 1.29 is 9.47 Å². The van der Waals surface area contributed by atoms with E-state index in [1.165, 1.54) is 15.6 Å². The highest BCUT2D eigenvalue weighted by molar-refractivity contribution is 7.17. The molecule has 0 saturated carbocycles. The van der Waals surface area contributed by atoms with Gasteiger partial charge in [-0.15, -0.1) is 11.3 Å². The maximum absolute atomic E-state index is 5.94. The molecule has 19 heavy (non-hydrogen) atoms. The molecule has 0 unspecified atom stereocenters. The van der Waals surface area contributed by atoms with Gasteiger partial charge in [0.25, 0.3) is 0 Å². The molecule has 3 rings (SSSR count). The second kappa shape index (κ2) is 5.90. The predicted molar refractivity (Wildman–Crippen MR) is 79.3 cm³/mol. The molecule has 4 heteroatoms. The Labute approximate surface area is 117 Å². The van der Waals surface area contributed by atoms with Gasteiger partial charge < -0.3 is 9.47 Å². The molecule has 0 aliphatic carbocycles. The van der Waals surface area contributed by atoms with Crippen LogP contribution in [0.1, 0.15) is 5.56 Å². The molecule has 102 valence electrons. The number of thiophene rings is 1. The molecule has 0 atom stereocenters. The largest absolute Gasteiger partial charge is 0.492 e. The lowest BCUT2D eigenvalue weighted by Gasteiger charge is -2.26. The van der Waals surface area contributed by atoms with Crippen molar-refractivity contribution in [3.05, 3.63) is 29.1 Å². The molecule has 0 N–H and O–H groups in total. The van der Waals surface area contributed by atoms with Crippen LogP contribution in [0.2, 0.25) is 0 Å². The Kier molecular flexibility index (Phi) is 4.01. The highest BCUT2D eigenvalue weighted by Crippen LogP contribution is 2.29. The highest BCUT2D eigenvalue weighted by atomic mass is 32.1. The van der Waals surface area contributed by atoms with Crippen molar-refractivity contribution in [2.24, 2.45) is 0 Å². The van der Waals surface area contributed by atoms with Crippen molar-refractivity contribution in [3.8, 4) is 5.75 Å². The van der Waals surface area contributed by atoms with Gasteiger partial charge >= 0.3 is 0 Å². The van der Waals surface area contributed by atoms with Crippen molar-refractivity contribution >= 4 is 21.4 Å². The van der Waals surface area contributed by atoms with Crippen LogP contribution in [0.15, 0.2) is 23.6 Å². The molecular formula is C15H19NO2S. The molecule has 1 saturated heterocycles. The quantitative estimate of drug-likeness (QED) is 0.857. The second-order valence-electron chi connectivity index (χ2n) is 4.88. The van der Waals surface area contributed by atoms with Crippen molar-refractivity contribution in [1.29, 1.82) is 0 Å². The van der Waals surface area contributed by atoms with E-state index in [2.05, 4.69) is 35.4 Å². The minimum atomic E-state index is 0.748. The van der Waals surface area contributed by atoms with Gasteiger partial charge in [-0.2, -0.15) is 0 Å². The smallest absolute Gasteiger partial charge is 0.123 e. The topological polar surface area (TPSA) is 21.7 Å². The zero-order valence-corrected chi connectivity index (χ0v) is 12.0. The molecule has 1 fully saturated rings. The third-order valence-corrected chi connectivity index (χ3v) is 4.40. The van der Waals surface area contributed by atoms with Crippen LogP contribution < -0.4 is 4.74 Å². The van der Waals surface area contributed by atoms with Gasteiger partial charge in [0.15, 0.2) is 0 Å². The Morgan fingerprint density at radius 1 is 1.32 bits per heavy atom. The van der Waals surface area contributed by atoms with Crippen LogP contribution in [0.25, 0.3) is 10.1 Å². The van der Waals surface area contributed by atoms with E-state index in [1.807, 2.05) is 0 Å². The van der Waals surface area contributed by atoms with E-state index in [4.69, 9.17) is 9.47 Å². The summed E-state index contributed by atoms with van der Waals surface area (Å²) in [6.45, 7) is 7.57. The standard InChI is InChI=1S/C15H19NO2S/c1-12-10-13-2-9-19-15(13)11-14(12)18-8-5-16-3-6-17-7-4-16/h2,9-11H,3-8H2,1H3. The molecule has 2 heterocycles. The summed E-state index contributed by atoms with van der Waals surface area (Å²) in [5.41, 5.74) is 1.22. The Hall–Kier alpha value is -1.10. The Morgan fingerprint density at radius 3 is 3.00 bits per heavy atom. The first kappa shape index (κ1) is 12.9. The summed E-state index contributed by atoms with van der Waals surface area (Å²) in [5.74, 6) is 1.02. The molecule has 1 aliphatic heterocycles. The number of nitrogens with zero attached hydrogens (tertiary/aromatic N) is 1. The van der Waals surface area contributed by atoms with Gasteiger partial charge in [-0.3, -0.25) is 4.90 Å². The fraction of sp³-hybridized carbons (Fsp3) is 0.467. The SMILES string of the molecule is Cc1cc2ccsc2cc1OCCN1CCOCC1. The number of rotatable bonds is 4. The van der Waals surface area contributed by atoms with Crippen molar-refractivity contribution in [2.75, 3.05) is 39.5 Å². The van der Waals surface area contributed by atoms with Gasteiger partial charge in [-0.25, -0.2) is 0 Å². The van der Waals surface area contributed by atoms with Crippen molar-refractivity contribution in [2.45, 2.75) is 6.92 Å². The molecule has 1 aliphatic rings. The maximum atomic E-state index is 5.94. The molecule has 0 radical (unpaired) electrons. The average molecular weight is 277 g/mol. The second-order valence-corrected chi connectivity index (χ2v) is 5.83. The Balaban J connectivity index is 1.59. The van der Waals surface area contributed by atoms with E-state index >= 15 is 0 Å². The molecule has 1 aromatic carbocycles. The molecule has 0 spiro atoms. The minimum Gasteiger partial charge on any atom is -0.492 e. The van der Waals surface area contributed by atoms with Gasteiger partial charge in [0.2, 0.25) is 0 Å². The molecule has 3 nitrogen and oxygen atoms in total. The molecule has 0 bridgehead atoms. The van der Waals surface area contributed by atoms with Gasteiger partial charge in [0, 0.05) is 24.3 Å². The lowest BCUT2D eigenvalue weighted by molar-refractivity contribution is 0.0322. The summed E-state index contributed by atoms with van der Waals surface area (Å²) in [6.07, 6.45) is 0. The number of fused-ring (bicyclic) bond motifs is 1. The van der Waals surface area contributed by atoms with Crippen LogP contribution >= 0.6 is 11.3 Å². The van der Waals surface area contributed by atoms with E-state index in [0.717, 1.165) is 45.2 Å². The number of hydrogen-bond acceptors (Lipinski definition) is 4. The number of ether oxygens (including phenoxy) is 2. The zero-order valence-electron chi connectivity index (χ0n) is 11.2. The van der Waals surface area contributed by atoms with Gasteiger partial charge in [0.1, 0.15) is 12.4 Å². The fourth-order valence-corrected chi connectivity index (χ4v) is 3.17. The molecule has 0 amide bonds. The van der Waals surface area contributed by atoms with Crippen LogP contribution in [0.3, 0.4) is 0 Å². The van der Waals surface area contributed by atoms with Crippen LogP contribution in [0.4, 0.5) is 0 Å². The van der Waals surface area contributed by atoms with Gasteiger partial charge in [0.05, 0.1) is 13.2 Å². The van der Waals surface area contributed by atoms with E-state index in [9.17, 15) is 0 Å². The van der Waals surface area contributed by atoms with E-state index in [-0.39, 0.29) is 0 Å². The maximum Gasteiger partial charge on any atom is 0.123 e. The average Bonchev–Trinajstić information content (AvgIpc) is 2.87. The number of morpholine rings is 1. The summed E-state index contributed by atoms with van der Waals surface area (Å²) in [6, 6.07) is 6.52. The summed E-state index contributed by atoms with van der Waals surface area (Å²) in [5, 5.41) is 3.43. The fourth-order valence-electron chi connectivity index (χ4n) is 2.37. The Bertz CT molecular complexity index is 546. The van der Waals surface area contributed by atoms with Gasteiger partial charge in [-0.05, 0) is 41.5 Å². The summed E-state index contributed by atoms with van der Waals surface area (Å²) in [4.78, 5) is 2.39. The third kappa shape index (κ3) is 3.08. The van der Waals surface area contributed by atoms with E-state index < -0.39 is 0 Å². The molecular weight excluding hydrogens is 258 g/mol. The zero-order chi connectivity index (χ0) is 13.1. The molecule has 1 aromatic heterocycles. The lowest BCUT2D eigenvalue weighted by atomic mass is 10.2. The highest BCUT2D eigenvalue weighted by Gasteiger charge is 2.10. The van der Waals surface area contributed by atoms with Crippen LogP contribution in [-0.2, 0) is 4.74 Å². The Morgan fingerprint density at radius 2 is 2.16 bits per heavy atom. The van der Waals surface area contributed by atoms with Crippen LogP contribution in [0, 0.1) is 6.92 Å². The monoisotopic (exact) mass is 277 g/mol. The number of aryl methyl sites for hydroxylation is 1. The number of benzene rings is 1. The van der Waals surface area contributed by atoms with E-state index in [1.54, 1.807) is 11.3 Å². The predicted octanol–water partition coefficient (Wildman–Crippen LogP) is 2.92. The minimum absolute atomic E-state index is 0.748. The molecule has 2 aromatic rings. The normalized spacial score (nSPS) is 16.9. The summed E-state index contributed by atoms with van der Waals surface area (Å²) < 4.78 is 12.6. The van der Waals surface area contributed by atoms with Crippen LogP contribution in [0.5, 0.6) is 5.75 Å². The van der Waals surface area contributed by atoms with E-state index in [0.29, 0.717) is 0 Å². The number of hydrogen-bond donors (Lipinski definition) is 0. The van der Waals surface area contributed by atoms with Gasteiger partial charge in [-0.1, -0.05) is 0 Å². The first-order valence-electron chi connectivity index (χ1n) is 6.74. The van der Waals surface area contributed by atoms with Crippen LogP contribution in [-0.4, -0.2) is 44.4 Å². The first-order chi connectivity index (χ1) is 9.33. The summed E-state index contributed by atoms with van der Waals surface area (Å²) >= 11 is 1.76. The summed E-state index contributed by atoms with van der Waals surface area (Å²) in [7, 11) is 0.